The van der Waals surface area contributed by atoms with Gasteiger partial charge in [-0.25, -0.2) is 0 Å². The summed E-state index contributed by atoms with van der Waals surface area (Å²) in [6.07, 6.45) is 2.51. The topological polar surface area (TPSA) is 63.4 Å². The monoisotopic (exact) mass is 288 g/mol. The molecule has 112 valence electrons. The molecule has 1 unspecified atom stereocenters. The molecule has 2 aromatic rings. The van der Waals surface area contributed by atoms with Gasteiger partial charge in [0.2, 0.25) is 0 Å². The minimum atomic E-state index is -0.0596. The maximum Gasteiger partial charge on any atom is 0.252 e. The number of nitrogens with one attached hydrogen (secondary N) is 2. The van der Waals surface area contributed by atoms with Crippen molar-refractivity contribution in [3.05, 3.63) is 40.2 Å². The van der Waals surface area contributed by atoms with Crippen LogP contribution < -0.4 is 15.6 Å². The first-order chi connectivity index (χ1) is 10.3. The molecule has 3 rings (SSSR count). The average molecular weight is 288 g/mol. The highest BCUT2D eigenvalue weighted by Crippen LogP contribution is 2.18. The van der Waals surface area contributed by atoms with Gasteiger partial charge in [0.25, 0.3) is 5.56 Å². The number of H-pyrrole nitrogens is 1. The van der Waals surface area contributed by atoms with Gasteiger partial charge in [-0.15, -0.1) is 0 Å². The number of aromatic nitrogens is 1. The number of hydrogen-bond acceptors (Lipinski definition) is 4. The zero-order valence-electron chi connectivity index (χ0n) is 12.1. The molecule has 0 spiro atoms. The lowest BCUT2D eigenvalue weighted by Gasteiger charge is -2.11. The Morgan fingerprint density at radius 1 is 1.43 bits per heavy atom. The predicted octanol–water partition coefficient (Wildman–Crippen LogP) is 1.81. The standard InChI is InChI=1S/C16H20N2O3/c1-20-13-5-4-11-7-12(16(19)18-15(11)8-13)9-17-10-14-3-2-6-21-14/h4-5,7-8,14,17H,2-3,6,9-10H2,1H3,(H,18,19). The van der Waals surface area contributed by atoms with Crippen LogP contribution in [-0.4, -0.2) is 31.3 Å². The summed E-state index contributed by atoms with van der Waals surface area (Å²) in [4.78, 5) is 15.0. The largest absolute Gasteiger partial charge is 0.497 e. The fourth-order valence-electron chi connectivity index (χ4n) is 2.66. The van der Waals surface area contributed by atoms with Crippen LogP contribution in [0.1, 0.15) is 18.4 Å². The highest BCUT2D eigenvalue weighted by molar-refractivity contribution is 5.80. The van der Waals surface area contributed by atoms with E-state index in [4.69, 9.17) is 9.47 Å². The van der Waals surface area contributed by atoms with E-state index in [-0.39, 0.29) is 11.7 Å². The summed E-state index contributed by atoms with van der Waals surface area (Å²) in [5, 5.41) is 4.31. The molecule has 1 aliphatic rings. The van der Waals surface area contributed by atoms with Crippen molar-refractivity contribution in [3.63, 3.8) is 0 Å². The van der Waals surface area contributed by atoms with Crippen LogP contribution in [0.15, 0.2) is 29.1 Å². The molecule has 0 radical (unpaired) electrons. The van der Waals surface area contributed by atoms with E-state index in [1.165, 1.54) is 0 Å². The van der Waals surface area contributed by atoms with Gasteiger partial charge in [-0.05, 0) is 36.4 Å². The average Bonchev–Trinajstić information content (AvgIpc) is 3.00. The number of aromatic amines is 1. The van der Waals surface area contributed by atoms with Crippen molar-refractivity contribution in [2.24, 2.45) is 0 Å². The minimum absolute atomic E-state index is 0.0596. The summed E-state index contributed by atoms with van der Waals surface area (Å²) in [7, 11) is 1.61. The molecule has 1 aromatic heterocycles. The van der Waals surface area contributed by atoms with Crippen LogP contribution in [0.25, 0.3) is 10.9 Å². The maximum absolute atomic E-state index is 12.1. The van der Waals surface area contributed by atoms with Gasteiger partial charge in [0.05, 0.1) is 18.7 Å². The third kappa shape index (κ3) is 3.25. The van der Waals surface area contributed by atoms with Gasteiger partial charge in [0.15, 0.2) is 0 Å². The number of ether oxygens (including phenoxy) is 2. The van der Waals surface area contributed by atoms with E-state index in [1.807, 2.05) is 24.3 Å². The number of rotatable bonds is 5. The van der Waals surface area contributed by atoms with Crippen molar-refractivity contribution >= 4 is 10.9 Å². The first-order valence-electron chi connectivity index (χ1n) is 7.28. The molecule has 2 N–H and O–H groups in total. The van der Waals surface area contributed by atoms with E-state index in [0.717, 1.165) is 48.2 Å². The molecule has 5 nitrogen and oxygen atoms in total. The lowest BCUT2D eigenvalue weighted by Crippen LogP contribution is -2.28. The summed E-state index contributed by atoms with van der Waals surface area (Å²) >= 11 is 0. The quantitative estimate of drug-likeness (QED) is 0.880. The van der Waals surface area contributed by atoms with E-state index in [1.54, 1.807) is 7.11 Å². The van der Waals surface area contributed by atoms with E-state index in [0.29, 0.717) is 6.54 Å². The number of fused-ring (bicyclic) bond motifs is 1. The van der Waals surface area contributed by atoms with E-state index >= 15 is 0 Å². The summed E-state index contributed by atoms with van der Waals surface area (Å²) in [6, 6.07) is 7.61. The summed E-state index contributed by atoms with van der Waals surface area (Å²) in [5.74, 6) is 0.738. The van der Waals surface area contributed by atoms with Crippen molar-refractivity contribution in [3.8, 4) is 5.75 Å². The summed E-state index contributed by atoms with van der Waals surface area (Å²) in [6.45, 7) is 2.20. The van der Waals surface area contributed by atoms with Crippen LogP contribution >= 0.6 is 0 Å². The lowest BCUT2D eigenvalue weighted by atomic mass is 10.1. The van der Waals surface area contributed by atoms with Gasteiger partial charge in [-0.2, -0.15) is 0 Å². The number of methoxy groups -OCH3 is 1. The second-order valence-corrected chi connectivity index (χ2v) is 5.34. The number of benzene rings is 1. The molecular weight excluding hydrogens is 268 g/mol. The molecule has 2 heterocycles. The molecule has 5 heteroatoms. The minimum Gasteiger partial charge on any atom is -0.497 e. The molecule has 0 aliphatic carbocycles. The normalized spacial score (nSPS) is 18.2. The smallest absolute Gasteiger partial charge is 0.252 e. The highest BCUT2D eigenvalue weighted by atomic mass is 16.5. The zero-order valence-corrected chi connectivity index (χ0v) is 12.1. The molecule has 0 saturated carbocycles. The zero-order chi connectivity index (χ0) is 14.7. The van der Waals surface area contributed by atoms with Crippen molar-refractivity contribution in [2.75, 3.05) is 20.3 Å². The molecule has 1 fully saturated rings. The van der Waals surface area contributed by atoms with Gasteiger partial charge in [-0.3, -0.25) is 4.79 Å². The Kier molecular flexibility index (Phi) is 4.22. The Labute approximate surface area is 123 Å². The van der Waals surface area contributed by atoms with Crippen LogP contribution in [0, 0.1) is 0 Å². The lowest BCUT2D eigenvalue weighted by molar-refractivity contribution is 0.110. The Morgan fingerprint density at radius 3 is 3.10 bits per heavy atom. The predicted molar refractivity (Wildman–Crippen MR) is 81.8 cm³/mol. The molecule has 0 amide bonds. The van der Waals surface area contributed by atoms with Crippen LogP contribution in [0.4, 0.5) is 0 Å². The van der Waals surface area contributed by atoms with Crippen molar-refractivity contribution in [1.29, 1.82) is 0 Å². The number of pyridine rings is 1. The van der Waals surface area contributed by atoms with Crippen molar-refractivity contribution in [2.45, 2.75) is 25.5 Å². The van der Waals surface area contributed by atoms with Gasteiger partial charge in [0, 0.05) is 31.3 Å². The first kappa shape index (κ1) is 14.1. The highest BCUT2D eigenvalue weighted by Gasteiger charge is 2.14. The van der Waals surface area contributed by atoms with Gasteiger partial charge in [0.1, 0.15) is 5.75 Å². The van der Waals surface area contributed by atoms with Crippen LogP contribution in [0.5, 0.6) is 5.75 Å². The fourth-order valence-corrected chi connectivity index (χ4v) is 2.66. The third-order valence-corrected chi connectivity index (χ3v) is 3.84. The van der Waals surface area contributed by atoms with Crippen LogP contribution in [0.3, 0.4) is 0 Å². The Morgan fingerprint density at radius 2 is 2.33 bits per heavy atom. The Hall–Kier alpha value is -1.85. The van der Waals surface area contributed by atoms with Crippen LogP contribution in [0.2, 0.25) is 0 Å². The molecule has 1 saturated heterocycles. The van der Waals surface area contributed by atoms with Gasteiger partial charge in [-0.1, -0.05) is 0 Å². The second-order valence-electron chi connectivity index (χ2n) is 5.34. The van der Waals surface area contributed by atoms with Crippen molar-refractivity contribution < 1.29 is 9.47 Å². The molecule has 21 heavy (non-hydrogen) atoms. The maximum atomic E-state index is 12.1. The number of hydrogen-bond donors (Lipinski definition) is 2. The van der Waals surface area contributed by atoms with E-state index in [9.17, 15) is 4.79 Å². The molecular formula is C16H20N2O3. The third-order valence-electron chi connectivity index (χ3n) is 3.84. The summed E-state index contributed by atoms with van der Waals surface area (Å²) < 4.78 is 10.7. The Bertz CT molecular complexity index is 675. The fraction of sp³-hybridized carbons (Fsp3) is 0.438. The molecule has 1 aromatic carbocycles. The van der Waals surface area contributed by atoms with Crippen molar-refractivity contribution in [1.82, 2.24) is 10.3 Å². The Balaban J connectivity index is 1.72. The SMILES string of the molecule is COc1ccc2cc(CNCC3CCCO3)c(=O)[nH]c2c1. The molecule has 0 bridgehead atoms. The van der Waals surface area contributed by atoms with E-state index in [2.05, 4.69) is 10.3 Å². The van der Waals surface area contributed by atoms with Gasteiger partial charge >= 0.3 is 0 Å². The summed E-state index contributed by atoms with van der Waals surface area (Å²) in [5.41, 5.74) is 1.48. The second kappa shape index (κ2) is 6.28. The van der Waals surface area contributed by atoms with E-state index < -0.39 is 0 Å². The van der Waals surface area contributed by atoms with Crippen LogP contribution in [-0.2, 0) is 11.3 Å². The molecule has 1 atom stereocenters. The first-order valence-corrected chi connectivity index (χ1v) is 7.28. The molecule has 1 aliphatic heterocycles. The van der Waals surface area contributed by atoms with Gasteiger partial charge < -0.3 is 19.8 Å².